The molecule has 324 valence electrons. The van der Waals surface area contributed by atoms with Crippen molar-refractivity contribution in [3.63, 3.8) is 0 Å². The molecule has 1 saturated carbocycles. The largest absolute Gasteiger partial charge is 0.457 e. The minimum atomic E-state index is -0.844. The molecule has 1 saturated heterocycles. The minimum Gasteiger partial charge on any atom is -0.457 e. The fraction of sp³-hybridized carbons (Fsp3) is 0.458. The third-order valence-corrected chi connectivity index (χ3v) is 10.8. The number of hydrogen-bond acceptors (Lipinski definition) is 10. The summed E-state index contributed by atoms with van der Waals surface area (Å²) >= 11 is 0. The van der Waals surface area contributed by atoms with Gasteiger partial charge in [0.2, 0.25) is 0 Å². The highest BCUT2D eigenvalue weighted by molar-refractivity contribution is 6.00. The monoisotopic (exact) mass is 832 g/mol. The minimum absolute atomic E-state index is 0.117. The number of benzene rings is 3. The van der Waals surface area contributed by atoms with Crippen LogP contribution in [0.4, 0.5) is 15.4 Å². The van der Waals surface area contributed by atoms with Crippen LogP contribution in [0.25, 0.3) is 22.2 Å². The molecule has 2 fully saturated rings. The molecule has 0 radical (unpaired) electrons. The highest BCUT2D eigenvalue weighted by Crippen LogP contribution is 2.49. The predicted molar refractivity (Wildman–Crippen MR) is 235 cm³/mol. The molecule has 4 atom stereocenters. The van der Waals surface area contributed by atoms with E-state index in [4.69, 9.17) is 34.4 Å². The number of aromatic nitrogens is 3. The van der Waals surface area contributed by atoms with Gasteiger partial charge in [-0.05, 0) is 110 Å². The summed E-state index contributed by atoms with van der Waals surface area (Å²) in [6, 6.07) is 27.4. The number of ether oxygens (including phenoxy) is 5. The van der Waals surface area contributed by atoms with Crippen molar-refractivity contribution in [1.29, 1.82) is 0 Å². The fourth-order valence-corrected chi connectivity index (χ4v) is 8.30. The summed E-state index contributed by atoms with van der Waals surface area (Å²) in [6.07, 6.45) is 3.81. The van der Waals surface area contributed by atoms with Gasteiger partial charge in [0.15, 0.2) is 5.79 Å². The van der Waals surface area contributed by atoms with Gasteiger partial charge in [0.05, 0.1) is 17.5 Å². The second-order valence-electron chi connectivity index (χ2n) is 18.5. The van der Waals surface area contributed by atoms with Gasteiger partial charge in [-0.3, -0.25) is 0 Å². The zero-order valence-electron chi connectivity index (χ0n) is 36.7. The fourth-order valence-electron chi connectivity index (χ4n) is 8.30. The Labute approximate surface area is 359 Å². The number of nitrogens with two attached hydrogens (primary N) is 1. The lowest BCUT2D eigenvalue weighted by Gasteiger charge is -2.32. The number of hydrogen-bond donors (Lipinski definition) is 1. The highest BCUT2D eigenvalue weighted by Gasteiger charge is 2.55. The maximum absolute atomic E-state index is 14.0. The third kappa shape index (κ3) is 10.8. The molecule has 2 amide bonds. The van der Waals surface area contributed by atoms with Crippen LogP contribution in [0.1, 0.15) is 79.8 Å². The van der Waals surface area contributed by atoms with Gasteiger partial charge in [-0.25, -0.2) is 19.6 Å². The molecule has 3 heterocycles. The van der Waals surface area contributed by atoms with Gasteiger partial charge in [0.25, 0.3) is 0 Å². The van der Waals surface area contributed by atoms with E-state index in [1.807, 2.05) is 140 Å². The number of para-hydroxylation sites is 1. The molecule has 61 heavy (non-hydrogen) atoms. The first kappa shape index (κ1) is 43.4. The molecule has 0 spiro atoms. The summed E-state index contributed by atoms with van der Waals surface area (Å²) in [4.78, 5) is 40.2. The van der Waals surface area contributed by atoms with Crippen LogP contribution in [-0.2, 0) is 25.4 Å². The van der Waals surface area contributed by atoms with Crippen molar-refractivity contribution in [2.45, 2.75) is 110 Å². The van der Waals surface area contributed by atoms with Crippen molar-refractivity contribution in [3.8, 4) is 22.6 Å². The maximum atomic E-state index is 14.0. The number of carbonyl (C=O) groups excluding carboxylic acids is 2. The van der Waals surface area contributed by atoms with Crippen LogP contribution in [0.3, 0.4) is 0 Å². The van der Waals surface area contributed by atoms with Crippen molar-refractivity contribution < 1.29 is 33.3 Å². The Hall–Kier alpha value is -5.66. The van der Waals surface area contributed by atoms with Gasteiger partial charge in [-0.1, -0.05) is 60.7 Å². The Morgan fingerprint density at radius 1 is 0.803 bits per heavy atom. The van der Waals surface area contributed by atoms with Crippen LogP contribution in [0, 0.1) is 5.92 Å². The van der Waals surface area contributed by atoms with E-state index >= 15 is 0 Å². The standard InChI is InChI=1S/C48H60N6O7/c1-46(2,3)60-44(55)52(26-23-32-17-15-22-36(27-32)57-35-20-13-10-14-21-35)24-16-25-53(45(56)61-47(4,5)6)29-34-28-38(41-40(34)58-48(7,8)59-41)54-30-37(33-18-11-9-12-19-33)39-42(49)50-31-51-43(39)54/h9-15,17-22,27,30-31,34,38,40-41H,16,23-26,28-29H2,1-8H3,(H2,49,50,51)/t34-,38-,40-,41+/m1/s1. The summed E-state index contributed by atoms with van der Waals surface area (Å²) in [6.45, 7) is 16.5. The molecule has 1 aliphatic carbocycles. The van der Waals surface area contributed by atoms with E-state index in [-0.39, 0.29) is 24.2 Å². The quantitative estimate of drug-likeness (QED) is 0.122. The summed E-state index contributed by atoms with van der Waals surface area (Å²) < 4.78 is 33.4. The zero-order valence-corrected chi connectivity index (χ0v) is 36.7. The first-order valence-electron chi connectivity index (χ1n) is 21.2. The first-order valence-corrected chi connectivity index (χ1v) is 21.2. The van der Waals surface area contributed by atoms with Gasteiger partial charge < -0.3 is 43.8 Å². The first-order chi connectivity index (χ1) is 28.9. The van der Waals surface area contributed by atoms with E-state index in [1.165, 1.54) is 6.33 Å². The number of anilines is 1. The average molecular weight is 833 g/mol. The normalized spacial score (nSPS) is 19.7. The van der Waals surface area contributed by atoms with Crippen LogP contribution >= 0.6 is 0 Å². The van der Waals surface area contributed by atoms with Gasteiger partial charge >= 0.3 is 12.2 Å². The van der Waals surface area contributed by atoms with E-state index in [0.29, 0.717) is 56.9 Å². The topological polar surface area (TPSA) is 144 Å². The Kier molecular flexibility index (Phi) is 12.6. The summed E-state index contributed by atoms with van der Waals surface area (Å²) in [5.41, 5.74) is 8.79. The van der Waals surface area contributed by atoms with Crippen molar-refractivity contribution in [3.05, 3.63) is 103 Å². The molecule has 13 nitrogen and oxygen atoms in total. The molecule has 3 aromatic carbocycles. The van der Waals surface area contributed by atoms with E-state index in [9.17, 15) is 9.59 Å². The number of carbonyl (C=O) groups is 2. The predicted octanol–water partition coefficient (Wildman–Crippen LogP) is 9.66. The lowest BCUT2D eigenvalue weighted by molar-refractivity contribution is -0.160. The number of rotatable bonds is 13. The Bertz CT molecular complexity index is 2280. The van der Waals surface area contributed by atoms with Crippen molar-refractivity contribution in [1.82, 2.24) is 24.3 Å². The zero-order chi connectivity index (χ0) is 43.5. The van der Waals surface area contributed by atoms with Crippen molar-refractivity contribution in [2.24, 2.45) is 5.92 Å². The average Bonchev–Trinajstić information content (AvgIpc) is 3.84. The molecule has 2 aliphatic rings. The molecule has 2 aromatic heterocycles. The van der Waals surface area contributed by atoms with E-state index in [1.54, 1.807) is 9.80 Å². The van der Waals surface area contributed by atoms with Gasteiger partial charge in [0, 0.05) is 43.9 Å². The lowest BCUT2D eigenvalue weighted by Crippen LogP contribution is -2.44. The van der Waals surface area contributed by atoms with E-state index in [0.717, 1.165) is 33.6 Å². The summed E-state index contributed by atoms with van der Waals surface area (Å²) in [7, 11) is 0. The molecule has 0 bridgehead atoms. The molecule has 5 aromatic rings. The SMILES string of the molecule is CC(C)(C)OC(=O)N(CCCN(C[C@H]1C[C@@H](n2cc(-c3ccccc3)c3c(N)ncnc32)[C@@H]2OC(C)(C)O[C@H]12)C(=O)OC(C)(C)C)CCc1cccc(Oc2ccccc2)c1. The molecule has 0 unspecified atom stereocenters. The van der Waals surface area contributed by atoms with Gasteiger partial charge in [0.1, 0.15) is 46.6 Å². The number of fused-ring (bicyclic) bond motifs is 2. The van der Waals surface area contributed by atoms with Crippen LogP contribution in [0.15, 0.2) is 97.5 Å². The molecular formula is C48H60N6O7. The van der Waals surface area contributed by atoms with Crippen LogP contribution in [-0.4, -0.2) is 91.9 Å². The lowest BCUT2D eigenvalue weighted by atomic mass is 10.0. The number of nitrogen functional groups attached to an aromatic ring is 1. The number of nitrogens with zero attached hydrogens (tertiary/aromatic N) is 5. The van der Waals surface area contributed by atoms with Crippen molar-refractivity contribution in [2.75, 3.05) is 31.9 Å². The maximum Gasteiger partial charge on any atom is 0.410 e. The van der Waals surface area contributed by atoms with Crippen LogP contribution < -0.4 is 10.5 Å². The summed E-state index contributed by atoms with van der Waals surface area (Å²) in [5.74, 6) is 0.909. The smallest absolute Gasteiger partial charge is 0.410 e. The summed E-state index contributed by atoms with van der Waals surface area (Å²) in [5, 5.41) is 0.782. The second kappa shape index (κ2) is 17.7. The molecular weight excluding hydrogens is 773 g/mol. The van der Waals surface area contributed by atoms with Gasteiger partial charge in [-0.2, -0.15) is 0 Å². The Morgan fingerprint density at radius 3 is 2.11 bits per heavy atom. The Morgan fingerprint density at radius 2 is 1.43 bits per heavy atom. The second-order valence-corrected chi connectivity index (χ2v) is 18.5. The molecule has 7 rings (SSSR count). The van der Waals surface area contributed by atoms with Crippen LogP contribution in [0.5, 0.6) is 11.5 Å². The van der Waals surface area contributed by atoms with E-state index in [2.05, 4.69) is 15.7 Å². The molecule has 13 heteroatoms. The third-order valence-electron chi connectivity index (χ3n) is 10.8. The van der Waals surface area contributed by atoms with Crippen molar-refractivity contribution >= 4 is 29.0 Å². The number of amides is 2. The van der Waals surface area contributed by atoms with Crippen LogP contribution in [0.2, 0.25) is 0 Å². The van der Waals surface area contributed by atoms with Gasteiger partial charge in [-0.15, -0.1) is 0 Å². The molecule has 2 N–H and O–H groups in total. The highest BCUT2D eigenvalue weighted by atomic mass is 16.8. The Balaban J connectivity index is 1.10. The van der Waals surface area contributed by atoms with E-state index < -0.39 is 29.2 Å². The molecule has 1 aliphatic heterocycles.